The molecule has 1 aliphatic heterocycles. The van der Waals surface area contributed by atoms with Crippen molar-refractivity contribution < 1.29 is 4.79 Å². The van der Waals surface area contributed by atoms with Gasteiger partial charge in [0.05, 0.1) is 11.0 Å². The largest absolute Gasteiger partial charge is 0.338 e. The number of carbonyl (C=O) groups is 1. The fourth-order valence-corrected chi connectivity index (χ4v) is 2.92. The zero-order valence-electron chi connectivity index (χ0n) is 12.2. The number of nitrogens with zero attached hydrogens (tertiary/aromatic N) is 3. The number of hydrogen-bond donors (Lipinski definition) is 1. The van der Waals surface area contributed by atoms with Gasteiger partial charge < -0.3 is 10.6 Å². The Bertz CT molecular complexity index is 658. The van der Waals surface area contributed by atoms with Gasteiger partial charge in [0.2, 0.25) is 0 Å². The van der Waals surface area contributed by atoms with Crippen LogP contribution >= 0.6 is 0 Å². The molecular weight excluding hydrogens is 264 g/mol. The summed E-state index contributed by atoms with van der Waals surface area (Å²) in [4.78, 5) is 23.0. The van der Waals surface area contributed by atoms with Crippen molar-refractivity contribution in [2.24, 2.45) is 17.6 Å². The molecule has 2 unspecified atom stereocenters. The van der Waals surface area contributed by atoms with Crippen molar-refractivity contribution in [2.75, 3.05) is 19.6 Å². The number of nitrogens with two attached hydrogens (primary N) is 1. The van der Waals surface area contributed by atoms with Crippen LogP contribution in [-0.4, -0.2) is 40.4 Å². The lowest BCUT2D eigenvalue weighted by Gasteiger charge is -2.36. The molecule has 0 aliphatic carbocycles. The highest BCUT2D eigenvalue weighted by Crippen LogP contribution is 2.24. The van der Waals surface area contributed by atoms with Crippen molar-refractivity contribution in [3.05, 3.63) is 36.2 Å². The number of fused-ring (bicyclic) bond motifs is 1. The predicted octanol–water partition coefficient (Wildman–Crippen LogP) is 1.69. The Labute approximate surface area is 124 Å². The first-order chi connectivity index (χ1) is 10.2. The van der Waals surface area contributed by atoms with Crippen LogP contribution in [0.5, 0.6) is 0 Å². The maximum absolute atomic E-state index is 12.6. The molecule has 1 aliphatic rings. The van der Waals surface area contributed by atoms with Gasteiger partial charge in [0, 0.05) is 31.0 Å². The van der Waals surface area contributed by atoms with Gasteiger partial charge in [0.15, 0.2) is 0 Å². The van der Waals surface area contributed by atoms with Crippen LogP contribution in [0.3, 0.4) is 0 Å². The second-order valence-corrected chi connectivity index (χ2v) is 5.77. The van der Waals surface area contributed by atoms with Crippen molar-refractivity contribution in [1.82, 2.24) is 14.9 Å². The first kappa shape index (κ1) is 13.9. The maximum Gasteiger partial charge on any atom is 0.253 e. The normalized spacial score (nSPS) is 22.5. The molecule has 0 spiro atoms. The number of likely N-dealkylation sites (tertiary alicyclic amines) is 1. The van der Waals surface area contributed by atoms with E-state index in [1.54, 1.807) is 12.4 Å². The highest BCUT2D eigenvalue weighted by Gasteiger charge is 2.28. The number of carbonyl (C=O) groups excluding carboxylic acids is 1. The molecule has 2 N–H and O–H groups in total. The molecule has 0 radical (unpaired) electrons. The molecule has 3 rings (SSSR count). The number of piperidine rings is 1. The number of rotatable bonds is 2. The summed E-state index contributed by atoms with van der Waals surface area (Å²) >= 11 is 0. The lowest BCUT2D eigenvalue weighted by Crippen LogP contribution is -2.45. The van der Waals surface area contributed by atoms with E-state index in [-0.39, 0.29) is 5.91 Å². The fourth-order valence-electron chi connectivity index (χ4n) is 2.92. The lowest BCUT2D eigenvalue weighted by atomic mass is 9.87. The first-order valence-electron chi connectivity index (χ1n) is 7.39. The average Bonchev–Trinajstić information content (AvgIpc) is 2.54. The quantitative estimate of drug-likeness (QED) is 0.911. The first-order valence-corrected chi connectivity index (χ1v) is 7.39. The molecule has 1 aromatic heterocycles. The van der Waals surface area contributed by atoms with Gasteiger partial charge in [-0.25, -0.2) is 0 Å². The van der Waals surface area contributed by atoms with Gasteiger partial charge in [-0.05, 0) is 43.0 Å². The van der Waals surface area contributed by atoms with Crippen LogP contribution in [0.1, 0.15) is 23.7 Å². The molecule has 1 saturated heterocycles. The smallest absolute Gasteiger partial charge is 0.253 e. The standard InChI is InChI=1S/C16H20N4O/c1-11-4-7-20(10-13(11)9-17)16(21)12-2-3-14-15(8-12)19-6-5-18-14/h2-3,5-6,8,11,13H,4,7,9-10,17H2,1H3. The van der Waals surface area contributed by atoms with Crippen molar-refractivity contribution in [1.29, 1.82) is 0 Å². The van der Waals surface area contributed by atoms with Gasteiger partial charge in [-0.3, -0.25) is 14.8 Å². The van der Waals surface area contributed by atoms with E-state index in [0.717, 1.165) is 30.5 Å². The van der Waals surface area contributed by atoms with Crippen molar-refractivity contribution in [3.8, 4) is 0 Å². The molecule has 21 heavy (non-hydrogen) atoms. The van der Waals surface area contributed by atoms with Crippen LogP contribution in [0, 0.1) is 11.8 Å². The van der Waals surface area contributed by atoms with Crippen LogP contribution in [-0.2, 0) is 0 Å². The Hall–Kier alpha value is -2.01. The Morgan fingerprint density at radius 1 is 1.33 bits per heavy atom. The summed E-state index contributed by atoms with van der Waals surface area (Å²) in [7, 11) is 0. The van der Waals surface area contributed by atoms with E-state index in [1.807, 2.05) is 23.1 Å². The zero-order chi connectivity index (χ0) is 14.8. The third-order valence-electron chi connectivity index (χ3n) is 4.42. The van der Waals surface area contributed by atoms with Crippen LogP contribution in [0.15, 0.2) is 30.6 Å². The maximum atomic E-state index is 12.6. The van der Waals surface area contributed by atoms with E-state index in [0.29, 0.717) is 23.9 Å². The summed E-state index contributed by atoms with van der Waals surface area (Å²) in [5.74, 6) is 1.04. The summed E-state index contributed by atoms with van der Waals surface area (Å²) in [5.41, 5.74) is 8.05. The second kappa shape index (κ2) is 5.77. The number of hydrogen-bond acceptors (Lipinski definition) is 4. The molecule has 1 aromatic carbocycles. The predicted molar refractivity (Wildman–Crippen MR) is 81.8 cm³/mol. The van der Waals surface area contributed by atoms with Crippen LogP contribution < -0.4 is 5.73 Å². The third-order valence-corrected chi connectivity index (χ3v) is 4.42. The zero-order valence-corrected chi connectivity index (χ0v) is 12.2. The molecule has 2 atom stereocenters. The SMILES string of the molecule is CC1CCN(C(=O)c2ccc3nccnc3c2)CC1CN. The molecular formula is C16H20N4O. The van der Waals surface area contributed by atoms with Gasteiger partial charge in [-0.15, -0.1) is 0 Å². The minimum Gasteiger partial charge on any atom is -0.338 e. The molecule has 5 nitrogen and oxygen atoms in total. The summed E-state index contributed by atoms with van der Waals surface area (Å²) in [6, 6.07) is 5.50. The van der Waals surface area contributed by atoms with E-state index in [4.69, 9.17) is 5.73 Å². The summed E-state index contributed by atoms with van der Waals surface area (Å²) in [5, 5.41) is 0. The second-order valence-electron chi connectivity index (χ2n) is 5.77. The molecule has 2 aromatic rings. The van der Waals surface area contributed by atoms with Crippen LogP contribution in [0.2, 0.25) is 0 Å². The summed E-state index contributed by atoms with van der Waals surface area (Å²) in [6.07, 6.45) is 4.31. The molecule has 110 valence electrons. The van der Waals surface area contributed by atoms with Crippen molar-refractivity contribution in [2.45, 2.75) is 13.3 Å². The van der Waals surface area contributed by atoms with Crippen molar-refractivity contribution in [3.63, 3.8) is 0 Å². The van der Waals surface area contributed by atoms with Gasteiger partial charge in [0.25, 0.3) is 5.91 Å². The minimum atomic E-state index is 0.0629. The highest BCUT2D eigenvalue weighted by atomic mass is 16.2. The highest BCUT2D eigenvalue weighted by molar-refractivity contribution is 5.97. The van der Waals surface area contributed by atoms with E-state index in [1.165, 1.54) is 0 Å². The van der Waals surface area contributed by atoms with Crippen LogP contribution in [0.4, 0.5) is 0 Å². The van der Waals surface area contributed by atoms with Gasteiger partial charge in [0.1, 0.15) is 0 Å². The summed E-state index contributed by atoms with van der Waals surface area (Å²) < 4.78 is 0. The van der Waals surface area contributed by atoms with E-state index in [2.05, 4.69) is 16.9 Å². The Balaban J connectivity index is 1.83. The third kappa shape index (κ3) is 2.74. The molecule has 0 saturated carbocycles. The fraction of sp³-hybridized carbons (Fsp3) is 0.438. The summed E-state index contributed by atoms with van der Waals surface area (Å²) in [6.45, 7) is 4.39. The number of amides is 1. The molecule has 1 fully saturated rings. The molecule has 0 bridgehead atoms. The Kier molecular flexibility index (Phi) is 3.84. The van der Waals surface area contributed by atoms with E-state index < -0.39 is 0 Å². The lowest BCUT2D eigenvalue weighted by molar-refractivity contribution is 0.0618. The van der Waals surface area contributed by atoms with Gasteiger partial charge in [-0.2, -0.15) is 0 Å². The molecule has 5 heteroatoms. The average molecular weight is 284 g/mol. The van der Waals surface area contributed by atoms with E-state index >= 15 is 0 Å². The van der Waals surface area contributed by atoms with Gasteiger partial charge >= 0.3 is 0 Å². The monoisotopic (exact) mass is 284 g/mol. The van der Waals surface area contributed by atoms with Crippen molar-refractivity contribution >= 4 is 16.9 Å². The molecule has 2 heterocycles. The topological polar surface area (TPSA) is 72.1 Å². The number of aromatic nitrogens is 2. The van der Waals surface area contributed by atoms with Crippen LogP contribution in [0.25, 0.3) is 11.0 Å². The van der Waals surface area contributed by atoms with Gasteiger partial charge in [-0.1, -0.05) is 6.92 Å². The minimum absolute atomic E-state index is 0.0629. The number of benzene rings is 1. The Morgan fingerprint density at radius 3 is 2.86 bits per heavy atom. The Morgan fingerprint density at radius 2 is 2.10 bits per heavy atom. The van der Waals surface area contributed by atoms with E-state index in [9.17, 15) is 4.79 Å². The molecule has 1 amide bonds.